The zero-order valence-corrected chi connectivity index (χ0v) is 21.6. The lowest BCUT2D eigenvalue weighted by molar-refractivity contribution is -0.153. The predicted molar refractivity (Wildman–Crippen MR) is 130 cm³/mol. The van der Waals surface area contributed by atoms with Gasteiger partial charge in [0.15, 0.2) is 16.4 Å². The number of benzene rings is 2. The summed E-state index contributed by atoms with van der Waals surface area (Å²) in [5.41, 5.74) is -0.373. The Bertz CT molecular complexity index is 1300. The number of hydrogen-bond donors (Lipinski definition) is 1. The second-order valence-electron chi connectivity index (χ2n) is 9.27. The first kappa shape index (κ1) is 28.2. The molecule has 2 aliphatic rings. The van der Waals surface area contributed by atoms with Crippen molar-refractivity contribution in [1.82, 2.24) is 4.90 Å². The number of alkyl halides is 3. The van der Waals surface area contributed by atoms with Crippen molar-refractivity contribution >= 4 is 33.3 Å². The van der Waals surface area contributed by atoms with Gasteiger partial charge in [-0.15, -0.1) is 0 Å². The zero-order chi connectivity index (χ0) is 27.7. The van der Waals surface area contributed by atoms with Crippen LogP contribution in [0.5, 0.6) is 5.75 Å². The number of hydrogen-bond acceptors (Lipinski definition) is 6. The minimum Gasteiger partial charge on any atom is -0.484 e. The number of carbonyl (C=O) groups is 2. The average Bonchev–Trinajstić information content (AvgIpc) is 3.34. The highest BCUT2D eigenvalue weighted by molar-refractivity contribution is 7.92. The molecule has 2 atom stereocenters. The molecule has 2 aliphatic heterocycles. The number of likely N-dealkylation sites (tertiary alicyclic amines) is 1. The summed E-state index contributed by atoms with van der Waals surface area (Å²) in [7, 11) is -4.27. The van der Waals surface area contributed by atoms with Crippen LogP contribution in [0.4, 0.5) is 13.2 Å². The molecule has 2 heterocycles. The van der Waals surface area contributed by atoms with Gasteiger partial charge in [0.2, 0.25) is 5.91 Å². The third kappa shape index (κ3) is 5.62. The molecular formula is C25H25ClF3NO7S. The van der Waals surface area contributed by atoms with Crippen molar-refractivity contribution < 1.29 is 45.8 Å². The molecule has 0 spiro atoms. The van der Waals surface area contributed by atoms with Gasteiger partial charge in [0.1, 0.15) is 11.8 Å². The lowest BCUT2D eigenvalue weighted by Crippen LogP contribution is -2.53. The van der Waals surface area contributed by atoms with Crippen LogP contribution in [0.25, 0.3) is 0 Å². The average molecular weight is 576 g/mol. The number of carbonyl (C=O) groups excluding carboxylic acids is 1. The summed E-state index contributed by atoms with van der Waals surface area (Å²) in [6.45, 7) is -1.39. The van der Waals surface area contributed by atoms with E-state index in [-0.39, 0.29) is 41.8 Å². The van der Waals surface area contributed by atoms with E-state index >= 15 is 0 Å². The topological polar surface area (TPSA) is 110 Å². The van der Waals surface area contributed by atoms with Crippen LogP contribution in [0.15, 0.2) is 53.4 Å². The number of aliphatic carboxylic acids is 1. The van der Waals surface area contributed by atoms with E-state index in [1.54, 1.807) is 30.3 Å². The van der Waals surface area contributed by atoms with Gasteiger partial charge in [0.25, 0.3) is 0 Å². The zero-order valence-electron chi connectivity index (χ0n) is 20.0. The Morgan fingerprint density at radius 2 is 1.79 bits per heavy atom. The smallest absolute Gasteiger partial charge is 0.422 e. The molecule has 1 N–H and O–H groups in total. The number of carboxylic acids is 1. The number of nitrogens with zero attached hydrogens (tertiary/aromatic N) is 1. The van der Waals surface area contributed by atoms with E-state index in [2.05, 4.69) is 4.74 Å². The van der Waals surface area contributed by atoms with Crippen molar-refractivity contribution in [2.75, 3.05) is 26.4 Å². The van der Waals surface area contributed by atoms with Crippen LogP contribution in [-0.2, 0) is 29.6 Å². The molecule has 2 fully saturated rings. The number of rotatable bonds is 7. The molecule has 13 heteroatoms. The number of amides is 1. The first-order valence-corrected chi connectivity index (χ1v) is 13.7. The maximum Gasteiger partial charge on any atom is 0.422 e. The van der Waals surface area contributed by atoms with Gasteiger partial charge in [-0.05, 0) is 37.0 Å². The van der Waals surface area contributed by atoms with Crippen molar-refractivity contribution in [2.24, 2.45) is 0 Å². The van der Waals surface area contributed by atoms with Gasteiger partial charge in [0, 0.05) is 25.8 Å². The van der Waals surface area contributed by atoms with Crippen molar-refractivity contribution in [3.05, 3.63) is 59.1 Å². The van der Waals surface area contributed by atoms with Gasteiger partial charge < -0.3 is 19.5 Å². The van der Waals surface area contributed by atoms with Gasteiger partial charge >= 0.3 is 12.1 Å². The molecule has 0 saturated carbocycles. The maximum absolute atomic E-state index is 14.0. The molecule has 0 aliphatic carbocycles. The van der Waals surface area contributed by atoms with Gasteiger partial charge in [-0.25, -0.2) is 13.2 Å². The SMILES string of the molecule is O=C(O)[C@@H]1C[C@@H](S(=O)(=O)c2ccc(OCC(F)(F)F)cc2Cl)CN1C(=O)C1(c2ccccc2)CCOCC1. The molecule has 0 unspecified atom stereocenters. The van der Waals surface area contributed by atoms with E-state index in [9.17, 15) is 36.3 Å². The summed E-state index contributed by atoms with van der Waals surface area (Å²) in [4.78, 5) is 26.9. The van der Waals surface area contributed by atoms with Gasteiger partial charge in [0.05, 0.1) is 20.6 Å². The molecule has 2 aromatic carbocycles. The third-order valence-corrected chi connectivity index (χ3v) is 9.55. The van der Waals surface area contributed by atoms with E-state index in [0.717, 1.165) is 23.1 Å². The van der Waals surface area contributed by atoms with Crippen molar-refractivity contribution in [3.63, 3.8) is 0 Å². The second-order valence-corrected chi connectivity index (χ2v) is 11.9. The molecule has 4 rings (SSSR count). The summed E-state index contributed by atoms with van der Waals surface area (Å²) in [6.07, 6.45) is -4.35. The van der Waals surface area contributed by atoms with Crippen molar-refractivity contribution in [1.29, 1.82) is 0 Å². The number of halogens is 4. The molecule has 0 bridgehead atoms. The molecule has 2 saturated heterocycles. The highest BCUT2D eigenvalue weighted by Gasteiger charge is 2.52. The molecule has 8 nitrogen and oxygen atoms in total. The molecule has 0 aromatic heterocycles. The van der Waals surface area contributed by atoms with Gasteiger partial charge in [-0.2, -0.15) is 13.2 Å². The Labute approximate surface area is 222 Å². The molecule has 206 valence electrons. The summed E-state index contributed by atoms with van der Waals surface area (Å²) < 4.78 is 74.4. The first-order chi connectivity index (χ1) is 17.8. The number of ether oxygens (including phenoxy) is 2. The maximum atomic E-state index is 14.0. The van der Waals surface area contributed by atoms with Crippen LogP contribution < -0.4 is 4.74 Å². The van der Waals surface area contributed by atoms with Crippen LogP contribution in [0.2, 0.25) is 5.02 Å². The Morgan fingerprint density at radius 3 is 2.37 bits per heavy atom. The fraction of sp³-hybridized carbons (Fsp3) is 0.440. The van der Waals surface area contributed by atoms with Gasteiger partial charge in [-0.1, -0.05) is 41.9 Å². The Kier molecular flexibility index (Phi) is 7.96. The molecule has 2 aromatic rings. The fourth-order valence-corrected chi connectivity index (χ4v) is 7.24. The second kappa shape index (κ2) is 10.7. The van der Waals surface area contributed by atoms with E-state index in [1.165, 1.54) is 0 Å². The quantitative estimate of drug-likeness (QED) is 0.534. The molecule has 0 radical (unpaired) electrons. The fourth-order valence-electron chi connectivity index (χ4n) is 5.01. The predicted octanol–water partition coefficient (Wildman–Crippen LogP) is 3.86. The lowest BCUT2D eigenvalue weighted by Gasteiger charge is -2.40. The van der Waals surface area contributed by atoms with Crippen LogP contribution in [0.3, 0.4) is 0 Å². The molecule has 1 amide bonds. The molecular weight excluding hydrogens is 551 g/mol. The summed E-state index contributed by atoms with van der Waals surface area (Å²) in [6, 6.07) is 10.5. The highest BCUT2D eigenvalue weighted by atomic mass is 35.5. The number of carboxylic acid groups (broad SMARTS) is 1. The largest absolute Gasteiger partial charge is 0.484 e. The van der Waals surface area contributed by atoms with Gasteiger partial charge in [-0.3, -0.25) is 4.79 Å². The normalized spacial score (nSPS) is 21.7. The monoisotopic (exact) mass is 575 g/mol. The summed E-state index contributed by atoms with van der Waals surface area (Å²) in [5, 5.41) is 8.25. The Balaban J connectivity index is 1.63. The minimum absolute atomic E-state index is 0.276. The van der Waals surface area contributed by atoms with Crippen molar-refractivity contribution in [2.45, 2.75) is 47.0 Å². The lowest BCUT2D eigenvalue weighted by atomic mass is 9.73. The van der Waals surface area contributed by atoms with Crippen LogP contribution in [-0.4, -0.2) is 74.1 Å². The van der Waals surface area contributed by atoms with Crippen molar-refractivity contribution in [3.8, 4) is 5.75 Å². The van der Waals surface area contributed by atoms with Crippen LogP contribution in [0.1, 0.15) is 24.8 Å². The Morgan fingerprint density at radius 1 is 1.13 bits per heavy atom. The van der Waals surface area contributed by atoms with E-state index < -0.39 is 51.2 Å². The third-order valence-electron chi connectivity index (χ3n) is 6.94. The standard InChI is InChI=1S/C25H25ClF3NO7S/c26-19-12-17(37-15-25(27,28)29)6-7-21(19)38(34,35)18-13-20(22(31)32)30(14-18)23(33)24(8-10-36-11-9-24)16-4-2-1-3-5-16/h1-7,12,18,20H,8-11,13-15H2,(H,31,32)/t18-,20+/m1/s1. The highest BCUT2D eigenvalue weighted by Crippen LogP contribution is 2.40. The number of sulfone groups is 1. The first-order valence-electron chi connectivity index (χ1n) is 11.8. The van der Waals surface area contributed by atoms with Crippen LogP contribution >= 0.6 is 11.6 Å². The summed E-state index contributed by atoms with van der Waals surface area (Å²) >= 11 is 6.11. The molecule has 38 heavy (non-hydrogen) atoms. The minimum atomic E-state index is -4.59. The van der Waals surface area contributed by atoms with Crippen LogP contribution in [0, 0.1) is 0 Å². The Hall–Kier alpha value is -2.83. The van der Waals surface area contributed by atoms with E-state index in [0.29, 0.717) is 18.4 Å². The van der Waals surface area contributed by atoms with E-state index in [4.69, 9.17) is 16.3 Å². The van der Waals surface area contributed by atoms with E-state index in [1.807, 2.05) is 0 Å². The summed E-state index contributed by atoms with van der Waals surface area (Å²) in [5.74, 6) is -2.10.